The normalized spacial score (nSPS) is 10.4. The molecule has 0 bridgehead atoms. The van der Waals surface area contributed by atoms with Crippen molar-refractivity contribution in [1.82, 2.24) is 4.90 Å². The summed E-state index contributed by atoms with van der Waals surface area (Å²) in [6.45, 7) is 5.15. The number of hydrogen-bond acceptors (Lipinski definition) is 2. The zero-order valence-electron chi connectivity index (χ0n) is 16.9. The Bertz CT molecular complexity index is 962. The summed E-state index contributed by atoms with van der Waals surface area (Å²) in [5.74, 6) is -0.213. The molecule has 0 aliphatic carbocycles. The zero-order valence-corrected chi connectivity index (χ0v) is 16.9. The Hall–Kier alpha value is -3.40. The summed E-state index contributed by atoms with van der Waals surface area (Å²) < 4.78 is 0. The van der Waals surface area contributed by atoms with Crippen molar-refractivity contribution < 1.29 is 9.59 Å². The van der Waals surface area contributed by atoms with Crippen LogP contribution in [0.25, 0.3) is 11.1 Å². The molecule has 0 aliphatic rings. The monoisotopic (exact) mass is 386 g/mol. The van der Waals surface area contributed by atoms with Gasteiger partial charge in [0, 0.05) is 13.1 Å². The first kappa shape index (κ1) is 20.3. The highest BCUT2D eigenvalue weighted by Crippen LogP contribution is 2.21. The molecule has 0 spiro atoms. The summed E-state index contributed by atoms with van der Waals surface area (Å²) in [5, 5.41) is 2.90. The van der Waals surface area contributed by atoms with Crippen LogP contribution in [-0.4, -0.2) is 29.8 Å². The van der Waals surface area contributed by atoms with E-state index in [0.29, 0.717) is 24.3 Å². The Morgan fingerprint density at radius 1 is 0.759 bits per heavy atom. The van der Waals surface area contributed by atoms with E-state index >= 15 is 0 Å². The number of amides is 2. The average Bonchev–Trinajstić information content (AvgIpc) is 2.76. The molecule has 29 heavy (non-hydrogen) atoms. The molecule has 0 unspecified atom stereocenters. The number of carbonyl (C=O) groups excluding carboxylic acids is 2. The van der Waals surface area contributed by atoms with Crippen molar-refractivity contribution >= 4 is 17.5 Å². The summed E-state index contributed by atoms with van der Waals surface area (Å²) in [5.41, 5.74) is 4.26. The van der Waals surface area contributed by atoms with E-state index in [1.165, 1.54) is 0 Å². The Labute approximate surface area is 172 Å². The number of nitrogens with zero attached hydrogens (tertiary/aromatic N) is 1. The molecule has 0 saturated carbocycles. The highest BCUT2D eigenvalue weighted by molar-refractivity contribution is 6.04. The fourth-order valence-corrected chi connectivity index (χ4v) is 3.29. The fraction of sp³-hybridized carbons (Fsp3) is 0.200. The van der Waals surface area contributed by atoms with Crippen molar-refractivity contribution in [1.29, 1.82) is 0 Å². The first-order valence-corrected chi connectivity index (χ1v) is 9.95. The lowest BCUT2D eigenvalue weighted by molar-refractivity contribution is -0.115. The second kappa shape index (κ2) is 9.69. The zero-order chi connectivity index (χ0) is 20.6. The molecule has 3 rings (SSSR count). The minimum absolute atomic E-state index is 0.0712. The van der Waals surface area contributed by atoms with Crippen LogP contribution in [0, 0.1) is 0 Å². The molecule has 0 saturated heterocycles. The van der Waals surface area contributed by atoms with Gasteiger partial charge in [-0.15, -0.1) is 0 Å². The van der Waals surface area contributed by atoms with Gasteiger partial charge < -0.3 is 10.2 Å². The third-order valence-corrected chi connectivity index (χ3v) is 4.91. The van der Waals surface area contributed by atoms with E-state index in [2.05, 4.69) is 17.4 Å². The van der Waals surface area contributed by atoms with Crippen LogP contribution in [0.15, 0.2) is 78.9 Å². The Balaban J connectivity index is 1.69. The molecular formula is C25H26N2O2. The highest BCUT2D eigenvalue weighted by Gasteiger charge is 2.17. The van der Waals surface area contributed by atoms with Gasteiger partial charge in [0.15, 0.2) is 0 Å². The number of rotatable bonds is 7. The van der Waals surface area contributed by atoms with E-state index in [4.69, 9.17) is 0 Å². The summed E-state index contributed by atoms with van der Waals surface area (Å²) in [6, 6.07) is 25.3. The van der Waals surface area contributed by atoms with Crippen LogP contribution in [0.2, 0.25) is 0 Å². The minimum Gasteiger partial charge on any atom is -0.339 e. The molecular weight excluding hydrogens is 360 g/mol. The topological polar surface area (TPSA) is 49.4 Å². The first-order chi connectivity index (χ1) is 14.1. The number of para-hydroxylation sites is 1. The molecule has 0 heterocycles. The van der Waals surface area contributed by atoms with Gasteiger partial charge in [-0.3, -0.25) is 9.59 Å². The number of hydrogen-bond donors (Lipinski definition) is 1. The van der Waals surface area contributed by atoms with Crippen LogP contribution in [0.3, 0.4) is 0 Å². The summed E-state index contributed by atoms with van der Waals surface area (Å²) in [7, 11) is 0. The second-order valence-electron chi connectivity index (χ2n) is 6.81. The lowest BCUT2D eigenvalue weighted by Gasteiger charge is -2.20. The van der Waals surface area contributed by atoms with E-state index < -0.39 is 0 Å². The summed E-state index contributed by atoms with van der Waals surface area (Å²) in [6.07, 6.45) is 0.253. The third kappa shape index (κ3) is 5.11. The Morgan fingerprint density at radius 3 is 2.00 bits per heavy atom. The maximum Gasteiger partial charge on any atom is 0.255 e. The molecule has 0 aliphatic heterocycles. The largest absolute Gasteiger partial charge is 0.339 e. The smallest absolute Gasteiger partial charge is 0.255 e. The van der Waals surface area contributed by atoms with Crippen LogP contribution in [0.5, 0.6) is 0 Å². The standard InChI is InChI=1S/C25H26N2O2/c1-3-27(4-2)25(29)22-12-8-9-13-23(22)26-24(28)18-19-14-16-21(17-15-19)20-10-6-5-7-11-20/h5-17H,3-4,18H2,1-2H3,(H,26,28). The van der Waals surface area contributed by atoms with Gasteiger partial charge in [-0.2, -0.15) is 0 Å². The van der Waals surface area contributed by atoms with Crippen LogP contribution in [0.4, 0.5) is 5.69 Å². The number of benzene rings is 3. The van der Waals surface area contributed by atoms with Gasteiger partial charge in [-0.25, -0.2) is 0 Å². The van der Waals surface area contributed by atoms with Gasteiger partial charge in [-0.05, 0) is 42.7 Å². The molecule has 1 N–H and O–H groups in total. The fourth-order valence-electron chi connectivity index (χ4n) is 3.29. The van der Waals surface area contributed by atoms with E-state index in [1.54, 1.807) is 17.0 Å². The summed E-state index contributed by atoms with van der Waals surface area (Å²) >= 11 is 0. The van der Waals surface area contributed by atoms with Gasteiger partial charge >= 0.3 is 0 Å². The van der Waals surface area contributed by atoms with Crippen molar-refractivity contribution in [2.45, 2.75) is 20.3 Å². The average molecular weight is 386 g/mol. The van der Waals surface area contributed by atoms with Gasteiger partial charge in [0.05, 0.1) is 17.7 Å². The van der Waals surface area contributed by atoms with E-state index in [0.717, 1.165) is 16.7 Å². The SMILES string of the molecule is CCN(CC)C(=O)c1ccccc1NC(=O)Cc1ccc(-c2ccccc2)cc1. The molecule has 4 heteroatoms. The van der Waals surface area contributed by atoms with Crippen molar-refractivity contribution in [2.75, 3.05) is 18.4 Å². The minimum atomic E-state index is -0.141. The molecule has 4 nitrogen and oxygen atoms in total. The quantitative estimate of drug-likeness (QED) is 0.620. The number of carbonyl (C=O) groups is 2. The summed E-state index contributed by atoms with van der Waals surface area (Å²) in [4.78, 5) is 27.0. The van der Waals surface area contributed by atoms with Crippen LogP contribution >= 0.6 is 0 Å². The second-order valence-corrected chi connectivity index (χ2v) is 6.81. The lowest BCUT2D eigenvalue weighted by Crippen LogP contribution is -2.31. The Kier molecular flexibility index (Phi) is 6.80. The molecule has 3 aromatic rings. The van der Waals surface area contributed by atoms with Gasteiger partial charge in [-0.1, -0.05) is 66.7 Å². The maximum atomic E-state index is 12.7. The molecule has 0 fully saturated rings. The van der Waals surface area contributed by atoms with Gasteiger partial charge in [0.1, 0.15) is 0 Å². The lowest BCUT2D eigenvalue weighted by atomic mass is 10.0. The Morgan fingerprint density at radius 2 is 1.34 bits per heavy atom. The van der Waals surface area contributed by atoms with Crippen LogP contribution in [-0.2, 0) is 11.2 Å². The predicted molar refractivity (Wildman–Crippen MR) is 118 cm³/mol. The van der Waals surface area contributed by atoms with Gasteiger partial charge in [0.25, 0.3) is 5.91 Å². The molecule has 0 atom stereocenters. The van der Waals surface area contributed by atoms with Crippen molar-refractivity contribution in [3.63, 3.8) is 0 Å². The van der Waals surface area contributed by atoms with Gasteiger partial charge in [0.2, 0.25) is 5.91 Å². The molecule has 2 amide bonds. The van der Waals surface area contributed by atoms with E-state index in [1.807, 2.05) is 68.4 Å². The van der Waals surface area contributed by atoms with Crippen molar-refractivity contribution in [2.24, 2.45) is 0 Å². The molecule has 148 valence electrons. The van der Waals surface area contributed by atoms with Crippen LogP contribution < -0.4 is 5.32 Å². The van der Waals surface area contributed by atoms with Crippen molar-refractivity contribution in [3.05, 3.63) is 90.0 Å². The van der Waals surface area contributed by atoms with Crippen LogP contribution in [0.1, 0.15) is 29.8 Å². The molecule has 0 aromatic heterocycles. The molecule has 0 radical (unpaired) electrons. The molecule has 3 aromatic carbocycles. The number of anilines is 1. The predicted octanol–water partition coefficient (Wildman–Crippen LogP) is 5.02. The van der Waals surface area contributed by atoms with Crippen molar-refractivity contribution in [3.8, 4) is 11.1 Å². The number of nitrogens with one attached hydrogen (secondary N) is 1. The van der Waals surface area contributed by atoms with E-state index in [-0.39, 0.29) is 18.2 Å². The van der Waals surface area contributed by atoms with E-state index in [9.17, 15) is 9.59 Å². The maximum absolute atomic E-state index is 12.7. The first-order valence-electron chi connectivity index (χ1n) is 9.95. The third-order valence-electron chi connectivity index (χ3n) is 4.91. The highest BCUT2D eigenvalue weighted by atomic mass is 16.2.